The Labute approximate surface area is 183 Å². The Morgan fingerprint density at radius 1 is 0.968 bits per heavy atom. The van der Waals surface area contributed by atoms with Crippen LogP contribution in [0, 0.1) is 5.92 Å². The predicted molar refractivity (Wildman–Crippen MR) is 119 cm³/mol. The van der Waals surface area contributed by atoms with Crippen molar-refractivity contribution >= 4 is 17.7 Å². The zero-order valence-corrected chi connectivity index (χ0v) is 17.8. The van der Waals surface area contributed by atoms with Gasteiger partial charge in [-0.2, -0.15) is 0 Å². The van der Waals surface area contributed by atoms with Crippen molar-refractivity contribution in [1.82, 2.24) is 4.90 Å². The van der Waals surface area contributed by atoms with E-state index in [9.17, 15) is 14.7 Å². The molecule has 1 saturated carbocycles. The quantitative estimate of drug-likeness (QED) is 0.770. The van der Waals surface area contributed by atoms with Crippen LogP contribution in [0.3, 0.4) is 0 Å². The first kappa shape index (κ1) is 21.4. The van der Waals surface area contributed by atoms with E-state index in [-0.39, 0.29) is 17.9 Å². The molecule has 2 aromatic rings. The van der Waals surface area contributed by atoms with E-state index >= 15 is 0 Å². The van der Waals surface area contributed by atoms with E-state index < -0.39 is 5.97 Å². The molecule has 0 spiro atoms. The summed E-state index contributed by atoms with van der Waals surface area (Å²) < 4.78 is 5.40. The number of hydrogen-bond acceptors (Lipinski definition) is 3. The van der Waals surface area contributed by atoms with Gasteiger partial charge in [0.2, 0.25) is 0 Å². The van der Waals surface area contributed by atoms with Crippen molar-refractivity contribution in [2.24, 2.45) is 5.92 Å². The zero-order chi connectivity index (χ0) is 21.6. The van der Waals surface area contributed by atoms with Crippen LogP contribution in [-0.2, 0) is 16.1 Å². The number of morpholine rings is 1. The molecule has 1 heterocycles. The largest absolute Gasteiger partial charge is 0.481 e. The SMILES string of the molecule is O=C(O)[C@@H]1CCCC[C@H]1c1ccc(CN(C(=O)N2CCOCC2)c2ccccc2)cc1. The first-order valence-electron chi connectivity index (χ1n) is 11.1. The number of urea groups is 1. The van der Waals surface area contributed by atoms with Crippen LogP contribution in [0.25, 0.3) is 0 Å². The molecule has 0 radical (unpaired) electrons. The summed E-state index contributed by atoms with van der Waals surface area (Å²) in [5.41, 5.74) is 2.97. The second kappa shape index (κ2) is 9.96. The molecule has 164 valence electrons. The molecule has 1 aliphatic carbocycles. The minimum absolute atomic E-state index is 0.0169. The number of carbonyl (C=O) groups is 2. The fourth-order valence-corrected chi connectivity index (χ4v) is 4.68. The van der Waals surface area contributed by atoms with Gasteiger partial charge in [0.25, 0.3) is 0 Å². The summed E-state index contributed by atoms with van der Waals surface area (Å²) in [6, 6.07) is 17.9. The van der Waals surface area contributed by atoms with Crippen molar-refractivity contribution in [3.8, 4) is 0 Å². The third-order valence-electron chi connectivity index (χ3n) is 6.41. The Morgan fingerprint density at radius 3 is 2.32 bits per heavy atom. The third-order valence-corrected chi connectivity index (χ3v) is 6.41. The Hall–Kier alpha value is -2.86. The molecule has 1 aliphatic heterocycles. The lowest BCUT2D eigenvalue weighted by molar-refractivity contribution is -0.143. The normalized spacial score (nSPS) is 21.5. The number of hydrogen-bond donors (Lipinski definition) is 1. The number of anilines is 1. The van der Waals surface area contributed by atoms with Gasteiger partial charge in [-0.3, -0.25) is 9.69 Å². The van der Waals surface area contributed by atoms with Crippen LogP contribution in [0.4, 0.5) is 10.5 Å². The van der Waals surface area contributed by atoms with Crippen molar-refractivity contribution in [3.63, 3.8) is 0 Å². The maximum Gasteiger partial charge on any atom is 0.324 e. The highest BCUT2D eigenvalue weighted by molar-refractivity contribution is 5.92. The van der Waals surface area contributed by atoms with Crippen LogP contribution in [0.1, 0.15) is 42.7 Å². The van der Waals surface area contributed by atoms with Crippen molar-refractivity contribution < 1.29 is 19.4 Å². The maximum absolute atomic E-state index is 13.3. The molecule has 4 rings (SSSR count). The highest BCUT2D eigenvalue weighted by Crippen LogP contribution is 2.38. The Bertz CT molecular complexity index is 878. The summed E-state index contributed by atoms with van der Waals surface area (Å²) in [7, 11) is 0. The van der Waals surface area contributed by atoms with Crippen molar-refractivity contribution in [2.75, 3.05) is 31.2 Å². The number of carboxylic acid groups (broad SMARTS) is 1. The van der Waals surface area contributed by atoms with Gasteiger partial charge in [-0.15, -0.1) is 0 Å². The number of carbonyl (C=O) groups excluding carboxylic acids is 1. The Balaban J connectivity index is 1.53. The minimum atomic E-state index is -0.694. The van der Waals surface area contributed by atoms with Gasteiger partial charge in [0.1, 0.15) is 0 Å². The van der Waals surface area contributed by atoms with E-state index in [4.69, 9.17) is 4.74 Å². The highest BCUT2D eigenvalue weighted by atomic mass is 16.5. The number of nitrogens with zero attached hydrogens (tertiary/aromatic N) is 2. The van der Waals surface area contributed by atoms with E-state index in [1.165, 1.54) is 0 Å². The van der Waals surface area contributed by atoms with Gasteiger partial charge >= 0.3 is 12.0 Å². The van der Waals surface area contributed by atoms with E-state index in [2.05, 4.69) is 0 Å². The number of aliphatic carboxylic acids is 1. The van der Waals surface area contributed by atoms with E-state index in [0.717, 1.165) is 42.5 Å². The lowest BCUT2D eigenvalue weighted by Crippen LogP contribution is -2.48. The van der Waals surface area contributed by atoms with Crippen molar-refractivity contribution in [2.45, 2.75) is 38.1 Å². The molecule has 2 atom stereocenters. The van der Waals surface area contributed by atoms with Gasteiger partial charge in [0.15, 0.2) is 0 Å². The average Bonchev–Trinajstić information content (AvgIpc) is 2.83. The lowest BCUT2D eigenvalue weighted by atomic mass is 9.75. The summed E-state index contributed by atoms with van der Waals surface area (Å²) in [5.74, 6) is -0.927. The average molecular weight is 423 g/mol. The van der Waals surface area contributed by atoms with Gasteiger partial charge in [0.05, 0.1) is 25.7 Å². The fourth-order valence-electron chi connectivity index (χ4n) is 4.68. The molecule has 2 aliphatic rings. The molecule has 2 aromatic carbocycles. The highest BCUT2D eigenvalue weighted by Gasteiger charge is 2.32. The van der Waals surface area contributed by atoms with Crippen molar-refractivity contribution in [1.29, 1.82) is 0 Å². The molecular formula is C25H30N2O4. The number of carboxylic acids is 1. The van der Waals surface area contributed by atoms with Crippen LogP contribution in [0.15, 0.2) is 54.6 Å². The monoisotopic (exact) mass is 422 g/mol. The topological polar surface area (TPSA) is 70.1 Å². The van der Waals surface area contributed by atoms with Crippen LogP contribution < -0.4 is 4.90 Å². The van der Waals surface area contributed by atoms with E-state index in [0.29, 0.717) is 32.8 Å². The molecular weight excluding hydrogens is 392 g/mol. The molecule has 0 bridgehead atoms. The zero-order valence-electron chi connectivity index (χ0n) is 17.8. The minimum Gasteiger partial charge on any atom is -0.481 e. The second-order valence-corrected chi connectivity index (χ2v) is 8.38. The summed E-state index contributed by atoms with van der Waals surface area (Å²) in [6.45, 7) is 2.79. The molecule has 6 nitrogen and oxygen atoms in total. The van der Waals surface area contributed by atoms with Crippen LogP contribution in [0.5, 0.6) is 0 Å². The summed E-state index contributed by atoms with van der Waals surface area (Å²) >= 11 is 0. The van der Waals surface area contributed by atoms with Gasteiger partial charge < -0.3 is 14.7 Å². The lowest BCUT2D eigenvalue weighted by Gasteiger charge is -2.33. The third kappa shape index (κ3) is 5.07. The summed E-state index contributed by atoms with van der Waals surface area (Å²) in [5, 5.41) is 9.60. The molecule has 1 N–H and O–H groups in total. The standard InChI is InChI=1S/C25H30N2O4/c28-24(29)23-9-5-4-8-22(23)20-12-10-19(11-13-20)18-27(21-6-2-1-3-7-21)25(30)26-14-16-31-17-15-26/h1-3,6-7,10-13,22-23H,4-5,8-9,14-18H2,(H,28,29)/t22-,23+/m0/s1. The predicted octanol–water partition coefficient (Wildman–Crippen LogP) is 4.50. The first-order chi connectivity index (χ1) is 15.1. The number of rotatable bonds is 5. The number of ether oxygens (including phenoxy) is 1. The molecule has 0 aromatic heterocycles. The molecule has 6 heteroatoms. The van der Waals surface area contributed by atoms with Gasteiger partial charge in [-0.25, -0.2) is 4.79 Å². The smallest absolute Gasteiger partial charge is 0.324 e. The van der Waals surface area contributed by atoms with E-state index in [1.54, 1.807) is 4.90 Å². The van der Waals surface area contributed by atoms with Gasteiger partial charge in [0, 0.05) is 18.8 Å². The van der Waals surface area contributed by atoms with E-state index in [1.807, 2.05) is 59.5 Å². The number of amides is 2. The molecule has 2 amide bonds. The van der Waals surface area contributed by atoms with Gasteiger partial charge in [-0.05, 0) is 42.0 Å². The first-order valence-corrected chi connectivity index (χ1v) is 11.1. The fraction of sp³-hybridized carbons (Fsp3) is 0.440. The van der Waals surface area contributed by atoms with Gasteiger partial charge in [-0.1, -0.05) is 55.3 Å². The Morgan fingerprint density at radius 2 is 1.65 bits per heavy atom. The molecule has 31 heavy (non-hydrogen) atoms. The van der Waals surface area contributed by atoms with Crippen LogP contribution >= 0.6 is 0 Å². The van der Waals surface area contributed by atoms with Crippen LogP contribution in [0.2, 0.25) is 0 Å². The Kier molecular flexibility index (Phi) is 6.87. The number of benzene rings is 2. The maximum atomic E-state index is 13.3. The summed E-state index contributed by atoms with van der Waals surface area (Å²) in [6.07, 6.45) is 3.73. The second-order valence-electron chi connectivity index (χ2n) is 8.38. The van der Waals surface area contributed by atoms with Crippen molar-refractivity contribution in [3.05, 3.63) is 65.7 Å². The van der Waals surface area contributed by atoms with Crippen LogP contribution in [-0.4, -0.2) is 48.3 Å². The summed E-state index contributed by atoms with van der Waals surface area (Å²) in [4.78, 5) is 28.6. The molecule has 0 unspecified atom stereocenters. The molecule has 2 fully saturated rings. The number of para-hydroxylation sites is 1. The molecule has 1 saturated heterocycles.